The van der Waals surface area contributed by atoms with Gasteiger partial charge in [0.15, 0.2) is 5.82 Å². The Morgan fingerprint density at radius 1 is 1.50 bits per heavy atom. The highest BCUT2D eigenvalue weighted by molar-refractivity contribution is 5.89. The monoisotopic (exact) mass is 201 g/mol. The molecule has 76 valence electrons. The summed E-state index contributed by atoms with van der Waals surface area (Å²) in [5.41, 5.74) is -0.451. The first-order valence-electron chi connectivity index (χ1n) is 3.62. The smallest absolute Gasteiger partial charge is 0.337 e. The lowest BCUT2D eigenvalue weighted by Crippen LogP contribution is -2.13. The third-order valence-corrected chi connectivity index (χ3v) is 1.58. The van der Waals surface area contributed by atoms with Gasteiger partial charge < -0.3 is 4.74 Å². The molecule has 0 spiro atoms. The Kier molecular flexibility index (Phi) is 3.00. The molecular formula is C8H8FNO4. The predicted molar refractivity (Wildman–Crippen MR) is 43.8 cm³/mol. The molecule has 0 unspecified atom stereocenters. The number of hydrogen-bond donors (Lipinski definition) is 2. The van der Waals surface area contributed by atoms with Gasteiger partial charge in [-0.05, 0) is 18.2 Å². The van der Waals surface area contributed by atoms with Crippen molar-refractivity contribution in [2.24, 2.45) is 0 Å². The van der Waals surface area contributed by atoms with E-state index in [1.165, 1.54) is 13.2 Å². The number of carbonyl (C=O) groups is 1. The minimum absolute atomic E-state index is 0.00407. The molecule has 0 amide bonds. The van der Waals surface area contributed by atoms with Crippen molar-refractivity contribution < 1.29 is 24.3 Å². The van der Waals surface area contributed by atoms with Gasteiger partial charge in [0, 0.05) is 0 Å². The van der Waals surface area contributed by atoms with Gasteiger partial charge in [-0.2, -0.15) is 0 Å². The molecule has 14 heavy (non-hydrogen) atoms. The van der Waals surface area contributed by atoms with E-state index in [1.54, 1.807) is 0 Å². The predicted octanol–water partition coefficient (Wildman–Crippen LogP) is 1.20. The zero-order chi connectivity index (χ0) is 10.7. The van der Waals surface area contributed by atoms with Gasteiger partial charge in [-0.1, -0.05) is 0 Å². The van der Waals surface area contributed by atoms with Crippen molar-refractivity contribution in [2.75, 3.05) is 12.3 Å². The summed E-state index contributed by atoms with van der Waals surface area (Å²) in [6.07, 6.45) is 0. The van der Waals surface area contributed by atoms with E-state index in [1.807, 2.05) is 0 Å². The number of methoxy groups -OCH3 is 1. The second kappa shape index (κ2) is 4.03. The fourth-order valence-corrected chi connectivity index (χ4v) is 0.914. The maximum absolute atomic E-state index is 13.0. The maximum atomic E-state index is 13.0. The molecule has 0 aliphatic rings. The van der Waals surface area contributed by atoms with Crippen LogP contribution in [0, 0.1) is 5.82 Å². The number of hydrogen-bond acceptors (Lipinski definition) is 5. The molecule has 0 saturated carbocycles. The van der Waals surface area contributed by atoms with Crippen LogP contribution in [0.25, 0.3) is 0 Å². The SMILES string of the molecule is COC(=O)c1ccc(N(O)O)c(F)c1. The number of benzene rings is 1. The Morgan fingerprint density at radius 3 is 2.57 bits per heavy atom. The van der Waals surface area contributed by atoms with E-state index in [-0.39, 0.29) is 10.8 Å². The number of rotatable bonds is 2. The number of nitrogens with zero attached hydrogens (tertiary/aromatic N) is 1. The number of ether oxygens (including phenoxy) is 1. The van der Waals surface area contributed by atoms with Crippen molar-refractivity contribution in [3.8, 4) is 0 Å². The number of anilines is 1. The molecule has 0 atom stereocenters. The van der Waals surface area contributed by atoms with E-state index in [0.29, 0.717) is 0 Å². The summed E-state index contributed by atoms with van der Waals surface area (Å²) in [5, 5.41) is 16.7. The summed E-state index contributed by atoms with van der Waals surface area (Å²) in [6.45, 7) is 0. The van der Waals surface area contributed by atoms with Gasteiger partial charge in [-0.3, -0.25) is 10.4 Å². The zero-order valence-corrected chi connectivity index (χ0v) is 7.27. The Labute approximate surface area is 78.9 Å². The van der Waals surface area contributed by atoms with Crippen LogP contribution in [0.5, 0.6) is 0 Å². The zero-order valence-electron chi connectivity index (χ0n) is 7.27. The summed E-state index contributed by atoms with van der Waals surface area (Å²) in [4.78, 5) is 10.9. The van der Waals surface area contributed by atoms with Gasteiger partial charge in [-0.15, -0.1) is 5.23 Å². The van der Waals surface area contributed by atoms with Crippen LogP contribution in [0.1, 0.15) is 10.4 Å². The van der Waals surface area contributed by atoms with Gasteiger partial charge in [0.2, 0.25) is 0 Å². The Morgan fingerprint density at radius 2 is 2.14 bits per heavy atom. The molecule has 1 aromatic carbocycles. The van der Waals surface area contributed by atoms with E-state index in [2.05, 4.69) is 4.74 Å². The van der Waals surface area contributed by atoms with Crippen LogP contribution in [0.15, 0.2) is 18.2 Å². The van der Waals surface area contributed by atoms with Crippen LogP contribution < -0.4 is 5.23 Å². The second-order valence-electron chi connectivity index (χ2n) is 2.45. The van der Waals surface area contributed by atoms with Crippen LogP contribution in [-0.4, -0.2) is 23.5 Å². The average Bonchev–Trinajstić information content (AvgIpc) is 2.15. The molecule has 2 N–H and O–H groups in total. The minimum atomic E-state index is -0.932. The van der Waals surface area contributed by atoms with Gasteiger partial charge in [0.25, 0.3) is 0 Å². The Bertz CT molecular complexity index is 353. The third kappa shape index (κ3) is 1.98. The van der Waals surface area contributed by atoms with Gasteiger partial charge >= 0.3 is 5.97 Å². The topological polar surface area (TPSA) is 70.0 Å². The summed E-state index contributed by atoms with van der Waals surface area (Å²) in [5.74, 6) is -1.63. The standard InChI is InChI=1S/C8H8FNO4/c1-14-8(11)5-2-3-7(10(12)13)6(9)4-5/h2-4,12-13H,1H3. The van der Waals surface area contributed by atoms with Crippen LogP contribution in [0.2, 0.25) is 0 Å². The van der Waals surface area contributed by atoms with Crippen LogP contribution in [0.4, 0.5) is 10.1 Å². The van der Waals surface area contributed by atoms with Crippen molar-refractivity contribution >= 4 is 11.7 Å². The van der Waals surface area contributed by atoms with Gasteiger partial charge in [0.1, 0.15) is 5.69 Å². The molecule has 0 aliphatic carbocycles. The average molecular weight is 201 g/mol. The highest BCUT2D eigenvalue weighted by atomic mass is 19.1. The summed E-state index contributed by atoms with van der Waals surface area (Å²) in [7, 11) is 1.17. The third-order valence-electron chi connectivity index (χ3n) is 1.58. The summed E-state index contributed by atoms with van der Waals surface area (Å²) < 4.78 is 17.4. The molecule has 0 aromatic heterocycles. The van der Waals surface area contributed by atoms with Crippen molar-refractivity contribution in [2.45, 2.75) is 0 Å². The number of esters is 1. The molecule has 0 bridgehead atoms. The van der Waals surface area contributed by atoms with E-state index < -0.39 is 17.5 Å². The summed E-state index contributed by atoms with van der Waals surface area (Å²) in [6, 6.07) is 3.10. The van der Waals surface area contributed by atoms with Crippen LogP contribution >= 0.6 is 0 Å². The van der Waals surface area contributed by atoms with Crippen molar-refractivity contribution in [3.63, 3.8) is 0 Å². The normalized spacial score (nSPS) is 9.71. The molecule has 6 heteroatoms. The van der Waals surface area contributed by atoms with Crippen LogP contribution in [0.3, 0.4) is 0 Å². The molecule has 0 aliphatic heterocycles. The lowest BCUT2D eigenvalue weighted by molar-refractivity contribution is 0.0271. The molecular weight excluding hydrogens is 193 g/mol. The quantitative estimate of drug-likeness (QED) is 0.555. The van der Waals surface area contributed by atoms with Gasteiger partial charge in [0.05, 0.1) is 12.7 Å². The van der Waals surface area contributed by atoms with Gasteiger partial charge in [-0.25, -0.2) is 9.18 Å². The van der Waals surface area contributed by atoms with E-state index >= 15 is 0 Å². The molecule has 1 aromatic rings. The first-order chi connectivity index (χ1) is 6.56. The summed E-state index contributed by atoms with van der Waals surface area (Å²) >= 11 is 0. The fraction of sp³-hybridized carbons (Fsp3) is 0.125. The number of carbonyl (C=O) groups excluding carboxylic acids is 1. The lowest BCUT2D eigenvalue weighted by atomic mass is 10.2. The molecule has 0 heterocycles. The maximum Gasteiger partial charge on any atom is 0.337 e. The fourth-order valence-electron chi connectivity index (χ4n) is 0.914. The van der Waals surface area contributed by atoms with E-state index in [0.717, 1.165) is 12.1 Å². The first kappa shape index (κ1) is 10.4. The van der Waals surface area contributed by atoms with E-state index in [4.69, 9.17) is 10.4 Å². The van der Waals surface area contributed by atoms with Crippen LogP contribution in [-0.2, 0) is 4.74 Å². The molecule has 5 nitrogen and oxygen atoms in total. The second-order valence-corrected chi connectivity index (χ2v) is 2.45. The number of halogens is 1. The van der Waals surface area contributed by atoms with Crippen molar-refractivity contribution in [1.82, 2.24) is 0 Å². The van der Waals surface area contributed by atoms with Crippen molar-refractivity contribution in [1.29, 1.82) is 0 Å². The highest BCUT2D eigenvalue weighted by Gasteiger charge is 2.12. The van der Waals surface area contributed by atoms with Crippen molar-refractivity contribution in [3.05, 3.63) is 29.6 Å². The molecule has 0 radical (unpaired) electrons. The Balaban J connectivity index is 3.06. The molecule has 1 rings (SSSR count). The highest BCUT2D eigenvalue weighted by Crippen LogP contribution is 2.18. The molecule has 0 saturated heterocycles. The van der Waals surface area contributed by atoms with E-state index in [9.17, 15) is 9.18 Å². The first-order valence-corrected chi connectivity index (χ1v) is 3.62. The largest absolute Gasteiger partial charge is 0.465 e. The Hall–Kier alpha value is -1.66. The molecule has 0 fully saturated rings. The minimum Gasteiger partial charge on any atom is -0.465 e. The lowest BCUT2D eigenvalue weighted by Gasteiger charge is -2.09.